The van der Waals surface area contributed by atoms with Crippen molar-refractivity contribution in [1.82, 2.24) is 10.7 Å². The quantitative estimate of drug-likeness (QED) is 0.450. The Balaban J connectivity index is 1.87. The Morgan fingerprint density at radius 1 is 1.26 bits per heavy atom. The zero-order chi connectivity index (χ0) is 16.8. The number of hydrazone groups is 1. The Morgan fingerprint density at radius 3 is 2.57 bits per heavy atom. The van der Waals surface area contributed by atoms with Gasteiger partial charge < -0.3 is 14.8 Å². The number of carbonyl (C=O) groups is 2. The summed E-state index contributed by atoms with van der Waals surface area (Å²) in [6, 6.07) is 6.81. The van der Waals surface area contributed by atoms with Crippen LogP contribution < -0.4 is 10.7 Å². The first-order valence-corrected chi connectivity index (χ1v) is 6.91. The molecule has 0 aliphatic heterocycles. The van der Waals surface area contributed by atoms with Crippen molar-refractivity contribution in [3.63, 3.8) is 0 Å². The van der Waals surface area contributed by atoms with Crippen molar-refractivity contribution in [3.8, 4) is 5.75 Å². The van der Waals surface area contributed by atoms with Crippen LogP contribution in [0.5, 0.6) is 5.75 Å². The van der Waals surface area contributed by atoms with Crippen molar-refractivity contribution in [3.05, 3.63) is 53.0 Å². The number of phenolic OH excluding ortho intramolecular Hbond substituents is 1. The van der Waals surface area contributed by atoms with Crippen LogP contribution in [0, 0.1) is 13.8 Å². The molecule has 1 aromatic heterocycles. The second-order valence-corrected chi connectivity index (χ2v) is 4.96. The minimum absolute atomic E-state index is 0.124. The van der Waals surface area contributed by atoms with Crippen molar-refractivity contribution >= 4 is 18.0 Å². The fraction of sp³-hybridized carbons (Fsp3) is 0.188. The van der Waals surface area contributed by atoms with Crippen LogP contribution in [0.15, 0.2) is 40.0 Å². The summed E-state index contributed by atoms with van der Waals surface area (Å²) >= 11 is 0. The number of phenols is 1. The van der Waals surface area contributed by atoms with Crippen LogP contribution in [-0.4, -0.2) is 23.1 Å². The first-order chi connectivity index (χ1) is 11.0. The Hall–Kier alpha value is -3.09. The van der Waals surface area contributed by atoms with E-state index in [1.165, 1.54) is 12.5 Å². The van der Waals surface area contributed by atoms with E-state index >= 15 is 0 Å². The summed E-state index contributed by atoms with van der Waals surface area (Å²) < 4.78 is 5.04. The molecule has 1 aromatic carbocycles. The SMILES string of the molecule is Cc1cc(/C=N/NC(=O)C(=O)NCc2ccco2)cc(C)c1O. The van der Waals surface area contributed by atoms with Gasteiger partial charge in [0, 0.05) is 0 Å². The van der Waals surface area contributed by atoms with Gasteiger partial charge in [-0.2, -0.15) is 5.10 Å². The highest BCUT2D eigenvalue weighted by Gasteiger charge is 2.12. The molecular weight excluding hydrogens is 298 g/mol. The normalized spacial score (nSPS) is 10.7. The number of aromatic hydroxyl groups is 1. The summed E-state index contributed by atoms with van der Waals surface area (Å²) in [7, 11) is 0. The summed E-state index contributed by atoms with van der Waals surface area (Å²) in [6.45, 7) is 3.65. The smallest absolute Gasteiger partial charge is 0.329 e. The molecule has 2 amide bonds. The fourth-order valence-corrected chi connectivity index (χ4v) is 1.94. The van der Waals surface area contributed by atoms with Gasteiger partial charge in [-0.15, -0.1) is 0 Å². The van der Waals surface area contributed by atoms with Gasteiger partial charge in [0.2, 0.25) is 0 Å². The van der Waals surface area contributed by atoms with Crippen LogP contribution >= 0.6 is 0 Å². The molecule has 120 valence electrons. The maximum absolute atomic E-state index is 11.6. The van der Waals surface area contributed by atoms with Crippen LogP contribution in [0.3, 0.4) is 0 Å². The molecule has 2 aromatic rings. The average molecular weight is 315 g/mol. The van der Waals surface area contributed by atoms with Gasteiger partial charge in [-0.3, -0.25) is 9.59 Å². The van der Waals surface area contributed by atoms with E-state index in [-0.39, 0.29) is 12.3 Å². The third-order valence-corrected chi connectivity index (χ3v) is 3.10. The third-order valence-electron chi connectivity index (χ3n) is 3.10. The standard InChI is InChI=1S/C16H17N3O4/c1-10-6-12(7-11(2)14(10)20)8-18-19-16(22)15(21)17-9-13-4-3-5-23-13/h3-8,20H,9H2,1-2H3,(H,17,21)(H,19,22)/b18-8+. The number of furan rings is 1. The predicted octanol–water partition coefficient (Wildman–Crippen LogP) is 1.37. The molecular formula is C16H17N3O4. The summed E-state index contributed by atoms with van der Waals surface area (Å²) in [5.74, 6) is -0.912. The molecule has 1 heterocycles. The zero-order valence-corrected chi connectivity index (χ0v) is 12.8. The van der Waals surface area contributed by atoms with E-state index in [9.17, 15) is 14.7 Å². The van der Waals surface area contributed by atoms with E-state index < -0.39 is 11.8 Å². The van der Waals surface area contributed by atoms with Gasteiger partial charge in [-0.05, 0) is 54.8 Å². The van der Waals surface area contributed by atoms with Gasteiger partial charge in [-0.1, -0.05) is 0 Å². The minimum Gasteiger partial charge on any atom is -0.507 e. The number of nitrogens with one attached hydrogen (secondary N) is 2. The first-order valence-electron chi connectivity index (χ1n) is 6.91. The molecule has 0 radical (unpaired) electrons. The summed E-state index contributed by atoms with van der Waals surface area (Å²) in [5.41, 5.74) is 4.25. The van der Waals surface area contributed by atoms with Crippen LogP contribution in [0.25, 0.3) is 0 Å². The van der Waals surface area contributed by atoms with Gasteiger partial charge in [0.05, 0.1) is 19.0 Å². The molecule has 0 saturated heterocycles. The number of benzene rings is 1. The van der Waals surface area contributed by atoms with Gasteiger partial charge in [-0.25, -0.2) is 5.43 Å². The van der Waals surface area contributed by atoms with Crippen LogP contribution in [0.2, 0.25) is 0 Å². The molecule has 0 bridgehead atoms. The lowest BCUT2D eigenvalue weighted by Gasteiger charge is -2.04. The fourth-order valence-electron chi connectivity index (χ4n) is 1.94. The summed E-state index contributed by atoms with van der Waals surface area (Å²) in [5, 5.41) is 15.8. The highest BCUT2D eigenvalue weighted by Crippen LogP contribution is 2.21. The lowest BCUT2D eigenvalue weighted by Crippen LogP contribution is -2.37. The number of aryl methyl sites for hydroxylation is 2. The highest BCUT2D eigenvalue weighted by molar-refractivity contribution is 6.35. The molecule has 0 aliphatic carbocycles. The second-order valence-electron chi connectivity index (χ2n) is 4.96. The number of hydrogen-bond donors (Lipinski definition) is 3. The van der Waals surface area contributed by atoms with E-state index in [1.807, 2.05) is 0 Å². The molecule has 0 unspecified atom stereocenters. The second kappa shape index (κ2) is 7.26. The van der Waals surface area contributed by atoms with E-state index in [0.717, 1.165) is 0 Å². The van der Waals surface area contributed by atoms with Crippen molar-refractivity contribution in [2.75, 3.05) is 0 Å². The number of nitrogens with zero attached hydrogens (tertiary/aromatic N) is 1. The molecule has 0 aliphatic rings. The van der Waals surface area contributed by atoms with E-state index in [1.54, 1.807) is 38.1 Å². The van der Waals surface area contributed by atoms with Crippen molar-refractivity contribution in [2.45, 2.75) is 20.4 Å². The largest absolute Gasteiger partial charge is 0.507 e. The first kappa shape index (κ1) is 16.3. The van der Waals surface area contributed by atoms with Gasteiger partial charge in [0.1, 0.15) is 11.5 Å². The van der Waals surface area contributed by atoms with Gasteiger partial charge in [0.25, 0.3) is 0 Å². The molecule has 7 nitrogen and oxygen atoms in total. The van der Waals surface area contributed by atoms with Crippen molar-refractivity contribution < 1.29 is 19.1 Å². The topological polar surface area (TPSA) is 104 Å². The number of rotatable bonds is 4. The van der Waals surface area contributed by atoms with Crippen LogP contribution in [0.4, 0.5) is 0 Å². The molecule has 7 heteroatoms. The van der Waals surface area contributed by atoms with E-state index in [2.05, 4.69) is 15.8 Å². The lowest BCUT2D eigenvalue weighted by molar-refractivity contribution is -0.139. The van der Waals surface area contributed by atoms with Crippen LogP contribution in [0.1, 0.15) is 22.5 Å². The summed E-state index contributed by atoms with van der Waals surface area (Å²) in [6.07, 6.45) is 2.88. The Bertz CT molecular complexity index is 713. The third kappa shape index (κ3) is 4.44. The molecule has 23 heavy (non-hydrogen) atoms. The van der Waals surface area contributed by atoms with Crippen LogP contribution in [-0.2, 0) is 16.1 Å². The maximum Gasteiger partial charge on any atom is 0.329 e. The molecule has 0 atom stereocenters. The number of hydrogen-bond acceptors (Lipinski definition) is 5. The van der Waals surface area contributed by atoms with Gasteiger partial charge in [0.15, 0.2) is 0 Å². The lowest BCUT2D eigenvalue weighted by atomic mass is 10.1. The molecule has 3 N–H and O–H groups in total. The molecule has 0 fully saturated rings. The van der Waals surface area contributed by atoms with E-state index in [4.69, 9.17) is 4.42 Å². The predicted molar refractivity (Wildman–Crippen MR) is 83.9 cm³/mol. The Morgan fingerprint density at radius 2 is 1.96 bits per heavy atom. The van der Waals surface area contributed by atoms with Gasteiger partial charge >= 0.3 is 11.8 Å². The summed E-state index contributed by atoms with van der Waals surface area (Å²) in [4.78, 5) is 23.1. The van der Waals surface area contributed by atoms with Crippen molar-refractivity contribution in [1.29, 1.82) is 0 Å². The average Bonchev–Trinajstić information content (AvgIpc) is 3.03. The highest BCUT2D eigenvalue weighted by atomic mass is 16.3. The zero-order valence-electron chi connectivity index (χ0n) is 12.8. The number of amides is 2. The molecule has 0 spiro atoms. The Labute approximate surface area is 133 Å². The minimum atomic E-state index is -0.875. The Kier molecular flexibility index (Phi) is 5.14. The molecule has 0 saturated carbocycles. The van der Waals surface area contributed by atoms with E-state index in [0.29, 0.717) is 22.5 Å². The van der Waals surface area contributed by atoms with Crippen molar-refractivity contribution in [2.24, 2.45) is 5.10 Å². The maximum atomic E-state index is 11.6. The monoisotopic (exact) mass is 315 g/mol. The molecule has 2 rings (SSSR count). The number of carbonyl (C=O) groups excluding carboxylic acids is 2.